The van der Waals surface area contributed by atoms with Crippen molar-refractivity contribution >= 4 is 39.8 Å². The van der Waals surface area contributed by atoms with E-state index in [-0.39, 0.29) is 5.78 Å². The lowest BCUT2D eigenvalue weighted by molar-refractivity contribution is 0.101. The van der Waals surface area contributed by atoms with Crippen LogP contribution in [0.25, 0.3) is 20.2 Å². The normalized spacial score (nSPS) is 10.7. The lowest BCUT2D eigenvalue weighted by Gasteiger charge is -2.01. The average Bonchev–Trinajstić information content (AvgIpc) is 3.10. The van der Waals surface area contributed by atoms with Crippen LogP contribution >= 0.6 is 34.0 Å². The molecule has 0 fully saturated rings. The number of ketones is 1. The number of Topliss-reactive ketones (excluding diaryl/α,β-unsaturated/α-hetero) is 1. The SMILES string of the molecule is CC(=O)c1ccsc1-c1sccc1-c1cccs1. The predicted molar refractivity (Wildman–Crippen MR) is 80.9 cm³/mol. The van der Waals surface area contributed by atoms with Crippen LogP contribution < -0.4 is 0 Å². The molecule has 3 aromatic heterocycles. The van der Waals surface area contributed by atoms with Crippen LogP contribution in [0.5, 0.6) is 0 Å². The number of hydrogen-bond donors (Lipinski definition) is 0. The summed E-state index contributed by atoms with van der Waals surface area (Å²) in [5.41, 5.74) is 2.07. The van der Waals surface area contributed by atoms with Crippen molar-refractivity contribution in [2.75, 3.05) is 0 Å². The minimum atomic E-state index is 0.136. The molecule has 0 radical (unpaired) electrons. The highest BCUT2D eigenvalue weighted by Crippen LogP contribution is 2.42. The Bertz CT molecular complexity index is 674. The molecule has 90 valence electrons. The first-order chi connectivity index (χ1) is 8.77. The molecule has 18 heavy (non-hydrogen) atoms. The molecule has 0 atom stereocenters. The van der Waals surface area contributed by atoms with Crippen LogP contribution in [0.4, 0.5) is 0 Å². The summed E-state index contributed by atoms with van der Waals surface area (Å²) in [6, 6.07) is 8.23. The van der Waals surface area contributed by atoms with Gasteiger partial charge in [0.25, 0.3) is 0 Å². The van der Waals surface area contributed by atoms with Gasteiger partial charge in [0.05, 0.1) is 9.75 Å². The summed E-state index contributed by atoms with van der Waals surface area (Å²) in [6.07, 6.45) is 0. The van der Waals surface area contributed by atoms with Gasteiger partial charge in [-0.2, -0.15) is 0 Å². The molecule has 0 aliphatic rings. The van der Waals surface area contributed by atoms with E-state index in [1.807, 2.05) is 11.4 Å². The average molecular weight is 290 g/mol. The number of hydrogen-bond acceptors (Lipinski definition) is 4. The lowest BCUT2D eigenvalue weighted by Crippen LogP contribution is -1.90. The zero-order chi connectivity index (χ0) is 12.5. The third kappa shape index (κ3) is 1.96. The van der Waals surface area contributed by atoms with E-state index in [0.717, 1.165) is 10.4 Å². The van der Waals surface area contributed by atoms with Gasteiger partial charge < -0.3 is 0 Å². The first-order valence-electron chi connectivity index (χ1n) is 5.47. The van der Waals surface area contributed by atoms with E-state index >= 15 is 0 Å². The van der Waals surface area contributed by atoms with Crippen LogP contribution in [-0.4, -0.2) is 5.78 Å². The monoisotopic (exact) mass is 290 g/mol. The van der Waals surface area contributed by atoms with Gasteiger partial charge in [0.1, 0.15) is 0 Å². The number of thiophene rings is 3. The molecule has 0 saturated carbocycles. The summed E-state index contributed by atoms with van der Waals surface area (Å²) < 4.78 is 0. The van der Waals surface area contributed by atoms with Gasteiger partial charge in [-0.15, -0.1) is 34.0 Å². The summed E-state index contributed by atoms with van der Waals surface area (Å²) in [5.74, 6) is 0.136. The molecule has 3 aromatic rings. The van der Waals surface area contributed by atoms with Gasteiger partial charge in [0, 0.05) is 16.0 Å². The summed E-state index contributed by atoms with van der Waals surface area (Å²) in [4.78, 5) is 15.2. The Balaban J connectivity index is 2.16. The molecule has 0 aromatic carbocycles. The van der Waals surface area contributed by atoms with Crippen molar-refractivity contribution in [1.82, 2.24) is 0 Å². The van der Waals surface area contributed by atoms with Crippen LogP contribution in [0.15, 0.2) is 40.4 Å². The topological polar surface area (TPSA) is 17.1 Å². The Kier molecular flexibility index (Phi) is 3.16. The lowest BCUT2D eigenvalue weighted by atomic mass is 10.1. The molecular weight excluding hydrogens is 280 g/mol. The van der Waals surface area contributed by atoms with Gasteiger partial charge in [-0.1, -0.05) is 6.07 Å². The minimum Gasteiger partial charge on any atom is -0.294 e. The van der Waals surface area contributed by atoms with E-state index < -0.39 is 0 Å². The maximum Gasteiger partial charge on any atom is 0.161 e. The van der Waals surface area contributed by atoms with E-state index in [0.29, 0.717) is 0 Å². The Hall–Kier alpha value is -1.23. The molecule has 0 bridgehead atoms. The maximum atomic E-state index is 11.6. The molecule has 1 nitrogen and oxygen atoms in total. The molecule has 4 heteroatoms. The van der Waals surface area contributed by atoms with Crippen molar-refractivity contribution in [3.63, 3.8) is 0 Å². The van der Waals surface area contributed by atoms with Gasteiger partial charge in [0.2, 0.25) is 0 Å². The molecular formula is C14H10OS3. The van der Waals surface area contributed by atoms with E-state index in [1.165, 1.54) is 15.3 Å². The standard InChI is InChI=1S/C14H10OS3/c1-9(15)10-4-7-17-13(10)14-11(5-8-18-14)12-3-2-6-16-12/h2-8H,1H3. The van der Waals surface area contributed by atoms with Crippen LogP contribution in [0, 0.1) is 0 Å². The quantitative estimate of drug-likeness (QED) is 0.590. The smallest absolute Gasteiger partial charge is 0.161 e. The Morgan fingerprint density at radius 3 is 2.44 bits per heavy atom. The first kappa shape index (κ1) is 11.8. The highest BCUT2D eigenvalue weighted by Gasteiger charge is 2.16. The fraction of sp³-hybridized carbons (Fsp3) is 0.0714. The predicted octanol–water partition coefficient (Wildman–Crippen LogP) is 5.41. The summed E-state index contributed by atoms with van der Waals surface area (Å²) in [7, 11) is 0. The molecule has 3 rings (SSSR count). The zero-order valence-corrected chi connectivity index (χ0v) is 12.1. The Morgan fingerprint density at radius 1 is 0.944 bits per heavy atom. The summed E-state index contributed by atoms with van der Waals surface area (Å²) in [5, 5.41) is 6.16. The van der Waals surface area contributed by atoms with Crippen LogP contribution in [0.3, 0.4) is 0 Å². The van der Waals surface area contributed by atoms with Crippen LogP contribution in [-0.2, 0) is 0 Å². The third-order valence-corrected chi connectivity index (χ3v) is 5.60. The van der Waals surface area contributed by atoms with Crippen LogP contribution in [0.1, 0.15) is 17.3 Å². The largest absolute Gasteiger partial charge is 0.294 e. The van der Waals surface area contributed by atoms with Crippen molar-refractivity contribution in [3.05, 3.63) is 46.0 Å². The molecule has 0 saturated heterocycles. The summed E-state index contributed by atoms with van der Waals surface area (Å²) in [6.45, 7) is 1.63. The fourth-order valence-corrected chi connectivity index (χ4v) is 4.74. The zero-order valence-electron chi connectivity index (χ0n) is 9.67. The third-order valence-electron chi connectivity index (χ3n) is 2.70. The van der Waals surface area contributed by atoms with Gasteiger partial charge in [0.15, 0.2) is 5.78 Å². The molecule has 0 spiro atoms. The maximum absolute atomic E-state index is 11.6. The van der Waals surface area contributed by atoms with Gasteiger partial charge in [-0.05, 0) is 41.3 Å². The van der Waals surface area contributed by atoms with Crippen LogP contribution in [0.2, 0.25) is 0 Å². The van der Waals surface area contributed by atoms with Gasteiger partial charge in [-0.3, -0.25) is 4.79 Å². The van der Waals surface area contributed by atoms with E-state index in [9.17, 15) is 4.79 Å². The highest BCUT2D eigenvalue weighted by molar-refractivity contribution is 7.21. The van der Waals surface area contributed by atoms with Gasteiger partial charge >= 0.3 is 0 Å². The molecule has 0 N–H and O–H groups in total. The van der Waals surface area contributed by atoms with Crippen molar-refractivity contribution in [2.24, 2.45) is 0 Å². The van der Waals surface area contributed by atoms with Crippen molar-refractivity contribution in [3.8, 4) is 20.2 Å². The second-order valence-corrected chi connectivity index (χ2v) is 6.64. The minimum absolute atomic E-state index is 0.136. The van der Waals surface area contributed by atoms with E-state index in [2.05, 4.69) is 29.0 Å². The Labute approximate surface area is 117 Å². The highest BCUT2D eigenvalue weighted by atomic mass is 32.1. The number of carbonyl (C=O) groups is 1. The van der Waals surface area contributed by atoms with Crippen molar-refractivity contribution in [2.45, 2.75) is 6.92 Å². The number of rotatable bonds is 3. The molecule has 0 aliphatic carbocycles. The molecule has 0 unspecified atom stereocenters. The molecule has 0 amide bonds. The van der Waals surface area contributed by atoms with Gasteiger partial charge in [-0.25, -0.2) is 0 Å². The van der Waals surface area contributed by atoms with Crippen molar-refractivity contribution in [1.29, 1.82) is 0 Å². The van der Waals surface area contributed by atoms with E-state index in [4.69, 9.17) is 0 Å². The van der Waals surface area contributed by atoms with E-state index in [1.54, 1.807) is 40.9 Å². The fourth-order valence-electron chi connectivity index (χ4n) is 1.87. The first-order valence-corrected chi connectivity index (χ1v) is 8.11. The number of carbonyl (C=O) groups excluding carboxylic acids is 1. The second kappa shape index (κ2) is 4.80. The molecule has 0 aliphatic heterocycles. The van der Waals surface area contributed by atoms with Crippen molar-refractivity contribution < 1.29 is 4.79 Å². The summed E-state index contributed by atoms with van der Waals surface area (Å²) >= 11 is 5.08. The molecule has 3 heterocycles. The second-order valence-electron chi connectivity index (χ2n) is 3.86. The Morgan fingerprint density at radius 2 is 1.72 bits per heavy atom.